The van der Waals surface area contributed by atoms with Crippen LogP contribution in [0.5, 0.6) is 0 Å². The summed E-state index contributed by atoms with van der Waals surface area (Å²) in [4.78, 5) is 26.2. The number of aliphatic carboxylic acids is 1. The van der Waals surface area contributed by atoms with Crippen LogP contribution in [-0.2, 0) is 9.59 Å². The van der Waals surface area contributed by atoms with Gasteiger partial charge in [-0.05, 0) is 38.5 Å². The lowest BCUT2D eigenvalue weighted by Gasteiger charge is -2.42. The molecular formula is C16H28N2O3. The Labute approximate surface area is 126 Å². The number of likely N-dealkylation sites (tertiary alicyclic amines) is 1. The van der Waals surface area contributed by atoms with E-state index in [9.17, 15) is 14.7 Å². The van der Waals surface area contributed by atoms with Crippen molar-refractivity contribution in [2.24, 2.45) is 17.1 Å². The third kappa shape index (κ3) is 3.57. The summed E-state index contributed by atoms with van der Waals surface area (Å²) in [6, 6.07) is 0.123. The Kier molecular flexibility index (Phi) is 5.25. The zero-order valence-electron chi connectivity index (χ0n) is 13.0. The second-order valence-corrected chi connectivity index (χ2v) is 6.82. The van der Waals surface area contributed by atoms with E-state index in [1.54, 1.807) is 4.90 Å². The Hall–Kier alpha value is -1.10. The molecule has 2 fully saturated rings. The van der Waals surface area contributed by atoms with E-state index in [0.717, 1.165) is 38.5 Å². The van der Waals surface area contributed by atoms with Crippen LogP contribution < -0.4 is 5.73 Å². The molecule has 1 heterocycles. The first-order valence-electron chi connectivity index (χ1n) is 8.26. The Balaban J connectivity index is 2.05. The van der Waals surface area contributed by atoms with Crippen molar-refractivity contribution in [3.05, 3.63) is 0 Å². The third-order valence-electron chi connectivity index (χ3n) is 5.13. The van der Waals surface area contributed by atoms with E-state index < -0.39 is 11.4 Å². The largest absolute Gasteiger partial charge is 0.481 e. The van der Waals surface area contributed by atoms with Crippen LogP contribution in [0.15, 0.2) is 0 Å². The van der Waals surface area contributed by atoms with E-state index in [4.69, 9.17) is 5.73 Å². The monoisotopic (exact) mass is 296 g/mol. The molecule has 21 heavy (non-hydrogen) atoms. The van der Waals surface area contributed by atoms with Gasteiger partial charge in [0.15, 0.2) is 0 Å². The van der Waals surface area contributed by atoms with Crippen molar-refractivity contribution in [2.45, 2.75) is 64.3 Å². The maximum Gasteiger partial charge on any atom is 0.311 e. The second-order valence-electron chi connectivity index (χ2n) is 6.82. The van der Waals surface area contributed by atoms with E-state index in [-0.39, 0.29) is 17.9 Å². The third-order valence-corrected chi connectivity index (χ3v) is 5.13. The summed E-state index contributed by atoms with van der Waals surface area (Å²) in [5.74, 6) is -0.617. The number of amides is 1. The molecule has 0 bridgehead atoms. The number of carboxylic acid groups (broad SMARTS) is 1. The molecule has 3 unspecified atom stereocenters. The fourth-order valence-electron chi connectivity index (χ4n) is 3.99. The highest BCUT2D eigenvalue weighted by molar-refractivity contribution is 5.81. The molecule has 5 nitrogen and oxygen atoms in total. The highest BCUT2D eigenvalue weighted by atomic mass is 16.4. The molecule has 5 heteroatoms. The molecule has 1 aliphatic carbocycles. The van der Waals surface area contributed by atoms with Gasteiger partial charge in [-0.3, -0.25) is 9.59 Å². The van der Waals surface area contributed by atoms with Crippen molar-refractivity contribution in [1.82, 2.24) is 4.90 Å². The minimum Gasteiger partial charge on any atom is -0.481 e. The molecule has 0 radical (unpaired) electrons. The van der Waals surface area contributed by atoms with Gasteiger partial charge in [0.1, 0.15) is 0 Å². The molecule has 2 aliphatic rings. The number of hydrogen-bond donors (Lipinski definition) is 2. The maximum atomic E-state index is 12.7. The van der Waals surface area contributed by atoms with E-state index >= 15 is 0 Å². The first kappa shape index (κ1) is 16.3. The lowest BCUT2D eigenvalue weighted by molar-refractivity contribution is -0.156. The normalized spacial score (nSPS) is 33.7. The number of carbonyl (C=O) groups is 2. The number of nitrogens with two attached hydrogens (primary N) is 1. The zero-order chi connectivity index (χ0) is 15.5. The van der Waals surface area contributed by atoms with Crippen LogP contribution in [0.3, 0.4) is 0 Å². The Bertz CT molecular complexity index is 395. The lowest BCUT2D eigenvalue weighted by Crippen LogP contribution is -2.52. The molecular weight excluding hydrogens is 268 g/mol. The summed E-state index contributed by atoms with van der Waals surface area (Å²) in [6.45, 7) is 3.08. The number of carboxylic acids is 1. The molecule has 0 aromatic heterocycles. The van der Waals surface area contributed by atoms with Crippen molar-refractivity contribution in [2.75, 3.05) is 13.1 Å². The van der Waals surface area contributed by atoms with Crippen LogP contribution in [0.2, 0.25) is 0 Å². The van der Waals surface area contributed by atoms with Crippen molar-refractivity contribution < 1.29 is 14.7 Å². The minimum absolute atomic E-state index is 0.0000265. The van der Waals surface area contributed by atoms with Crippen LogP contribution in [0, 0.1) is 11.3 Å². The topological polar surface area (TPSA) is 83.6 Å². The van der Waals surface area contributed by atoms with Crippen LogP contribution in [0.25, 0.3) is 0 Å². The van der Waals surface area contributed by atoms with Gasteiger partial charge in [-0.25, -0.2) is 0 Å². The van der Waals surface area contributed by atoms with Gasteiger partial charge >= 0.3 is 5.97 Å². The van der Waals surface area contributed by atoms with Crippen LogP contribution >= 0.6 is 0 Å². The predicted octanol–water partition coefficient (Wildman–Crippen LogP) is 2.00. The summed E-state index contributed by atoms with van der Waals surface area (Å²) in [6.07, 6.45) is 6.61. The highest BCUT2D eigenvalue weighted by Gasteiger charge is 2.43. The Morgan fingerprint density at radius 1 is 1.33 bits per heavy atom. The predicted molar refractivity (Wildman–Crippen MR) is 80.7 cm³/mol. The standard InChI is InChI=1S/C16H28N2O3/c1-2-7-16(15(20)21)8-4-9-18(11-16)14(19)12-5-3-6-13(17)10-12/h12-13H,2-11,17H2,1H3,(H,20,21). The van der Waals surface area contributed by atoms with E-state index in [1.165, 1.54) is 0 Å². The summed E-state index contributed by atoms with van der Waals surface area (Å²) in [5, 5.41) is 9.61. The van der Waals surface area contributed by atoms with E-state index in [1.807, 2.05) is 6.92 Å². The molecule has 2 rings (SSSR count). The van der Waals surface area contributed by atoms with Crippen LogP contribution in [0.1, 0.15) is 58.3 Å². The Morgan fingerprint density at radius 3 is 2.71 bits per heavy atom. The van der Waals surface area contributed by atoms with Gasteiger partial charge in [-0.2, -0.15) is 0 Å². The van der Waals surface area contributed by atoms with Gasteiger partial charge in [0.2, 0.25) is 5.91 Å². The molecule has 1 saturated carbocycles. The average molecular weight is 296 g/mol. The molecule has 1 amide bonds. The highest BCUT2D eigenvalue weighted by Crippen LogP contribution is 2.36. The van der Waals surface area contributed by atoms with Gasteiger partial charge in [0, 0.05) is 25.0 Å². The minimum atomic E-state index is -0.748. The molecule has 120 valence electrons. The number of rotatable bonds is 4. The number of nitrogens with zero attached hydrogens (tertiary/aromatic N) is 1. The second kappa shape index (κ2) is 6.77. The molecule has 0 aromatic rings. The molecule has 1 saturated heterocycles. The summed E-state index contributed by atoms with van der Waals surface area (Å²) in [7, 11) is 0. The molecule has 0 aromatic carbocycles. The van der Waals surface area contributed by atoms with Gasteiger partial charge in [0.05, 0.1) is 5.41 Å². The van der Waals surface area contributed by atoms with Gasteiger partial charge in [-0.1, -0.05) is 19.8 Å². The van der Waals surface area contributed by atoms with Crippen molar-refractivity contribution >= 4 is 11.9 Å². The number of hydrogen-bond acceptors (Lipinski definition) is 3. The lowest BCUT2D eigenvalue weighted by atomic mass is 9.75. The first-order valence-corrected chi connectivity index (χ1v) is 8.26. The van der Waals surface area contributed by atoms with Crippen molar-refractivity contribution in [3.63, 3.8) is 0 Å². The van der Waals surface area contributed by atoms with Crippen molar-refractivity contribution in [1.29, 1.82) is 0 Å². The maximum absolute atomic E-state index is 12.7. The van der Waals surface area contributed by atoms with Crippen LogP contribution in [0.4, 0.5) is 0 Å². The molecule has 0 spiro atoms. The average Bonchev–Trinajstić information content (AvgIpc) is 2.47. The molecule has 3 atom stereocenters. The first-order chi connectivity index (χ1) is 9.98. The van der Waals surface area contributed by atoms with Crippen LogP contribution in [-0.4, -0.2) is 41.0 Å². The summed E-state index contributed by atoms with van der Waals surface area (Å²) < 4.78 is 0. The Morgan fingerprint density at radius 2 is 2.10 bits per heavy atom. The molecule has 1 aliphatic heterocycles. The van der Waals surface area contributed by atoms with E-state index in [2.05, 4.69) is 0 Å². The van der Waals surface area contributed by atoms with Gasteiger partial charge < -0.3 is 15.7 Å². The summed E-state index contributed by atoms with van der Waals surface area (Å²) >= 11 is 0. The van der Waals surface area contributed by atoms with Gasteiger partial charge in [0.25, 0.3) is 0 Å². The summed E-state index contributed by atoms with van der Waals surface area (Å²) in [5.41, 5.74) is 5.24. The SMILES string of the molecule is CCCC1(C(=O)O)CCCN(C(=O)C2CCCC(N)C2)C1. The zero-order valence-corrected chi connectivity index (χ0v) is 13.0. The smallest absolute Gasteiger partial charge is 0.311 e. The van der Waals surface area contributed by atoms with Crippen molar-refractivity contribution in [3.8, 4) is 0 Å². The number of piperidine rings is 1. The fraction of sp³-hybridized carbons (Fsp3) is 0.875. The van der Waals surface area contributed by atoms with Gasteiger partial charge in [-0.15, -0.1) is 0 Å². The molecule has 3 N–H and O–H groups in total. The quantitative estimate of drug-likeness (QED) is 0.831. The van der Waals surface area contributed by atoms with E-state index in [0.29, 0.717) is 25.9 Å². The number of carbonyl (C=O) groups excluding carboxylic acids is 1. The fourth-order valence-corrected chi connectivity index (χ4v) is 3.99.